The molecule has 1 atom stereocenters. The van der Waals surface area contributed by atoms with Crippen LogP contribution in [0.5, 0.6) is 11.5 Å². The highest BCUT2D eigenvalue weighted by Crippen LogP contribution is 2.29. The predicted octanol–water partition coefficient (Wildman–Crippen LogP) is 5.06. The van der Waals surface area contributed by atoms with Crippen molar-refractivity contribution in [1.82, 2.24) is 10.2 Å². The molecule has 0 aliphatic carbocycles. The van der Waals surface area contributed by atoms with Crippen LogP contribution < -0.4 is 14.8 Å². The lowest BCUT2D eigenvalue weighted by molar-refractivity contribution is -0.140. The maximum absolute atomic E-state index is 13.4. The lowest BCUT2D eigenvalue weighted by Gasteiger charge is -2.29. The molecule has 6 heteroatoms. The van der Waals surface area contributed by atoms with Gasteiger partial charge in [-0.05, 0) is 69.4 Å². The molecule has 2 aromatic carbocycles. The maximum atomic E-state index is 13.4. The molecule has 0 saturated carbocycles. The Morgan fingerprint density at radius 1 is 1.00 bits per heavy atom. The Morgan fingerprint density at radius 2 is 1.71 bits per heavy atom. The average Bonchev–Trinajstić information content (AvgIpc) is 2.83. The van der Waals surface area contributed by atoms with Crippen molar-refractivity contribution in [2.24, 2.45) is 0 Å². The van der Waals surface area contributed by atoms with Gasteiger partial charge in [-0.2, -0.15) is 0 Å². The number of nitrogens with zero attached hydrogens (tertiary/aromatic N) is 1. The van der Waals surface area contributed by atoms with Gasteiger partial charge in [-0.1, -0.05) is 43.7 Å². The summed E-state index contributed by atoms with van der Waals surface area (Å²) in [6.07, 6.45) is 2.79. The van der Waals surface area contributed by atoms with E-state index in [4.69, 9.17) is 9.47 Å². The first-order valence-electron chi connectivity index (χ1n) is 12.4. The first-order valence-corrected chi connectivity index (χ1v) is 12.4. The Morgan fingerprint density at radius 3 is 2.38 bits per heavy atom. The molecule has 0 aromatic heterocycles. The largest absolute Gasteiger partial charge is 0.490 e. The van der Waals surface area contributed by atoms with E-state index >= 15 is 0 Å². The Kier molecular flexibility index (Phi) is 11.4. The highest BCUT2D eigenvalue weighted by atomic mass is 16.5. The molecule has 0 bridgehead atoms. The number of rotatable bonds is 14. The number of amides is 2. The third-order valence-electron chi connectivity index (χ3n) is 5.83. The molecule has 0 heterocycles. The lowest BCUT2D eigenvalue weighted by atomic mass is 10.1. The molecule has 2 rings (SSSR count). The van der Waals surface area contributed by atoms with Gasteiger partial charge in [0.25, 0.3) is 0 Å². The molecule has 0 aliphatic heterocycles. The fraction of sp³-hybridized carbons (Fsp3) is 0.500. The Labute approximate surface area is 204 Å². The lowest BCUT2D eigenvalue weighted by Crippen LogP contribution is -2.48. The van der Waals surface area contributed by atoms with Crippen LogP contribution in [-0.2, 0) is 22.6 Å². The molecule has 0 spiro atoms. The van der Waals surface area contributed by atoms with Crippen molar-refractivity contribution in [3.63, 3.8) is 0 Å². The Hall–Kier alpha value is -3.02. The first-order chi connectivity index (χ1) is 16.4. The topological polar surface area (TPSA) is 67.9 Å². The standard InChI is InChI=1S/C28H40N2O4/c1-6-9-18-29-28(32)22(5)30(20-24-13-11-10-12-21(24)4)27(31)17-15-23-14-16-25(33-7-2)26(19-23)34-8-3/h10-14,16,19,22H,6-9,15,17-18,20H2,1-5H3,(H,29,32). The molecule has 0 aliphatic rings. The molecule has 0 fully saturated rings. The van der Waals surface area contributed by atoms with Crippen molar-refractivity contribution in [2.75, 3.05) is 19.8 Å². The zero-order chi connectivity index (χ0) is 24.9. The fourth-order valence-corrected chi connectivity index (χ4v) is 3.74. The molecular formula is C28H40N2O4. The summed E-state index contributed by atoms with van der Waals surface area (Å²) < 4.78 is 11.4. The van der Waals surface area contributed by atoms with Gasteiger partial charge in [0.2, 0.25) is 11.8 Å². The van der Waals surface area contributed by atoms with Gasteiger partial charge in [-0.25, -0.2) is 0 Å². The minimum absolute atomic E-state index is 0.0479. The second kappa shape index (κ2) is 14.3. The van der Waals surface area contributed by atoms with Crippen LogP contribution in [0.2, 0.25) is 0 Å². The Bertz CT molecular complexity index is 928. The van der Waals surface area contributed by atoms with Crippen LogP contribution in [0.1, 0.15) is 63.6 Å². The fourth-order valence-electron chi connectivity index (χ4n) is 3.74. The number of ether oxygens (including phenoxy) is 2. The van der Waals surface area contributed by atoms with E-state index in [1.807, 2.05) is 70.2 Å². The van der Waals surface area contributed by atoms with Gasteiger partial charge in [0, 0.05) is 19.5 Å². The van der Waals surface area contributed by atoms with E-state index in [9.17, 15) is 9.59 Å². The van der Waals surface area contributed by atoms with Gasteiger partial charge >= 0.3 is 0 Å². The molecular weight excluding hydrogens is 428 g/mol. The summed E-state index contributed by atoms with van der Waals surface area (Å²) in [5.74, 6) is 1.23. The van der Waals surface area contributed by atoms with Crippen molar-refractivity contribution >= 4 is 11.8 Å². The maximum Gasteiger partial charge on any atom is 0.242 e. The second-order valence-electron chi connectivity index (χ2n) is 8.42. The summed E-state index contributed by atoms with van der Waals surface area (Å²) in [6, 6.07) is 13.2. The summed E-state index contributed by atoms with van der Waals surface area (Å²) in [6.45, 7) is 11.9. The van der Waals surface area contributed by atoms with Crippen LogP contribution >= 0.6 is 0 Å². The SMILES string of the molecule is CCCCNC(=O)C(C)N(Cc1ccccc1C)C(=O)CCc1ccc(OCC)c(OCC)c1. The molecule has 2 amide bonds. The number of aryl methyl sites for hydroxylation is 2. The molecule has 1 unspecified atom stereocenters. The first kappa shape index (κ1) is 27.2. The quantitative estimate of drug-likeness (QED) is 0.394. The van der Waals surface area contributed by atoms with Gasteiger partial charge in [-0.3, -0.25) is 9.59 Å². The zero-order valence-electron chi connectivity index (χ0n) is 21.4. The van der Waals surface area contributed by atoms with Crippen molar-refractivity contribution in [3.8, 4) is 11.5 Å². The number of benzene rings is 2. The monoisotopic (exact) mass is 468 g/mol. The van der Waals surface area contributed by atoms with Crippen LogP contribution in [0.15, 0.2) is 42.5 Å². The molecule has 1 N–H and O–H groups in total. The number of unbranched alkanes of at least 4 members (excludes halogenated alkanes) is 1. The number of carbonyl (C=O) groups is 2. The third kappa shape index (κ3) is 8.08. The van der Waals surface area contributed by atoms with Crippen molar-refractivity contribution < 1.29 is 19.1 Å². The summed E-state index contributed by atoms with van der Waals surface area (Å²) >= 11 is 0. The van der Waals surface area contributed by atoms with E-state index in [0.29, 0.717) is 50.6 Å². The van der Waals surface area contributed by atoms with E-state index in [1.54, 1.807) is 4.90 Å². The van der Waals surface area contributed by atoms with E-state index in [-0.39, 0.29) is 11.8 Å². The number of carbonyl (C=O) groups excluding carboxylic acids is 2. The van der Waals surface area contributed by atoms with Gasteiger partial charge in [0.15, 0.2) is 11.5 Å². The summed E-state index contributed by atoms with van der Waals surface area (Å²) in [4.78, 5) is 27.9. The van der Waals surface area contributed by atoms with Crippen molar-refractivity contribution in [1.29, 1.82) is 0 Å². The van der Waals surface area contributed by atoms with Crippen LogP contribution in [0.4, 0.5) is 0 Å². The minimum atomic E-state index is -0.553. The average molecular weight is 469 g/mol. The van der Waals surface area contributed by atoms with Crippen molar-refractivity contribution in [3.05, 3.63) is 59.2 Å². The van der Waals surface area contributed by atoms with Gasteiger partial charge < -0.3 is 19.7 Å². The van der Waals surface area contributed by atoms with Crippen LogP contribution in [0, 0.1) is 6.92 Å². The number of hydrogen-bond acceptors (Lipinski definition) is 4. The van der Waals surface area contributed by atoms with Crippen LogP contribution in [0.3, 0.4) is 0 Å². The highest BCUT2D eigenvalue weighted by molar-refractivity contribution is 5.87. The van der Waals surface area contributed by atoms with E-state index in [0.717, 1.165) is 29.5 Å². The molecule has 0 radical (unpaired) electrons. The summed E-state index contributed by atoms with van der Waals surface area (Å²) in [5, 5.41) is 2.97. The molecule has 186 valence electrons. The second-order valence-corrected chi connectivity index (χ2v) is 8.42. The molecule has 6 nitrogen and oxygen atoms in total. The summed E-state index contributed by atoms with van der Waals surface area (Å²) in [5.41, 5.74) is 3.15. The van der Waals surface area contributed by atoms with Gasteiger partial charge in [0.1, 0.15) is 6.04 Å². The molecule has 0 saturated heterocycles. The third-order valence-corrected chi connectivity index (χ3v) is 5.83. The minimum Gasteiger partial charge on any atom is -0.490 e. The van der Waals surface area contributed by atoms with Gasteiger partial charge in [-0.15, -0.1) is 0 Å². The van der Waals surface area contributed by atoms with E-state index < -0.39 is 6.04 Å². The Balaban J connectivity index is 2.16. The van der Waals surface area contributed by atoms with E-state index in [1.165, 1.54) is 0 Å². The number of hydrogen-bond donors (Lipinski definition) is 1. The van der Waals surface area contributed by atoms with Gasteiger partial charge in [0.05, 0.1) is 13.2 Å². The smallest absolute Gasteiger partial charge is 0.242 e. The van der Waals surface area contributed by atoms with Crippen LogP contribution in [-0.4, -0.2) is 42.5 Å². The number of nitrogens with one attached hydrogen (secondary N) is 1. The zero-order valence-corrected chi connectivity index (χ0v) is 21.4. The summed E-state index contributed by atoms with van der Waals surface area (Å²) in [7, 11) is 0. The molecule has 34 heavy (non-hydrogen) atoms. The normalized spacial score (nSPS) is 11.6. The van der Waals surface area contributed by atoms with E-state index in [2.05, 4.69) is 12.2 Å². The molecule has 2 aromatic rings. The van der Waals surface area contributed by atoms with Crippen LogP contribution in [0.25, 0.3) is 0 Å². The van der Waals surface area contributed by atoms with Crippen molar-refractivity contribution in [2.45, 2.75) is 72.9 Å². The highest BCUT2D eigenvalue weighted by Gasteiger charge is 2.26. The predicted molar refractivity (Wildman–Crippen MR) is 136 cm³/mol.